The number of hydrogen-bond acceptors (Lipinski definition) is 6. The van der Waals surface area contributed by atoms with Crippen molar-refractivity contribution in [1.82, 2.24) is 9.71 Å². The van der Waals surface area contributed by atoms with Gasteiger partial charge in [0, 0.05) is 25.9 Å². The molecule has 2 saturated carbocycles. The monoisotopic (exact) mass is 511 g/mol. The maximum Gasteiger partial charge on any atom is 0.281 e. The van der Waals surface area contributed by atoms with Crippen molar-refractivity contribution in [1.29, 1.82) is 0 Å². The highest BCUT2D eigenvalue weighted by molar-refractivity contribution is 7.90. The molecule has 7 nitrogen and oxygen atoms in total. The van der Waals surface area contributed by atoms with Crippen molar-refractivity contribution in [3.8, 4) is 5.75 Å². The molecule has 0 radical (unpaired) electrons. The molecule has 0 spiro atoms. The predicted molar refractivity (Wildman–Crippen MR) is 140 cm³/mol. The van der Waals surface area contributed by atoms with Gasteiger partial charge < -0.3 is 9.64 Å². The first-order chi connectivity index (χ1) is 17.3. The maximum absolute atomic E-state index is 13.3. The Morgan fingerprint density at radius 3 is 2.58 bits per heavy atom. The number of nitrogens with one attached hydrogen (secondary N) is 1. The average Bonchev–Trinajstić information content (AvgIpc) is 3.65. The summed E-state index contributed by atoms with van der Waals surface area (Å²) in [6, 6.07) is 11.1. The minimum atomic E-state index is -4.13. The first-order valence-corrected chi connectivity index (χ1v) is 14.8. The molecular formula is C28H37N3O4S. The third kappa shape index (κ3) is 5.38. The molecule has 36 heavy (non-hydrogen) atoms. The topological polar surface area (TPSA) is 88.6 Å². The average molecular weight is 512 g/mol. The summed E-state index contributed by atoms with van der Waals surface area (Å²) in [5.74, 6) is 1.68. The van der Waals surface area contributed by atoms with Gasteiger partial charge in [-0.3, -0.25) is 4.79 Å². The van der Waals surface area contributed by atoms with Gasteiger partial charge in [-0.05, 0) is 73.8 Å². The molecule has 8 heteroatoms. The lowest BCUT2D eigenvalue weighted by molar-refractivity contribution is -0.128. The highest BCUT2D eigenvalue weighted by Gasteiger charge is 2.54. The summed E-state index contributed by atoms with van der Waals surface area (Å²) in [5.41, 5.74) is 1.04. The highest BCUT2D eigenvalue weighted by atomic mass is 32.2. The molecule has 1 N–H and O–H groups in total. The molecular weight excluding hydrogens is 474 g/mol. The second-order valence-corrected chi connectivity index (χ2v) is 12.6. The molecule has 2 aliphatic carbocycles. The van der Waals surface area contributed by atoms with Crippen molar-refractivity contribution in [3.63, 3.8) is 0 Å². The number of benzene rings is 1. The van der Waals surface area contributed by atoms with E-state index in [9.17, 15) is 13.2 Å². The largest absolute Gasteiger partial charge is 0.477 e. The number of aryl methyl sites for hydroxylation is 1. The molecule has 1 saturated heterocycles. The van der Waals surface area contributed by atoms with Gasteiger partial charge in [0.15, 0.2) is 10.6 Å². The molecule has 1 aromatic heterocycles. The Morgan fingerprint density at radius 1 is 1.08 bits per heavy atom. The molecule has 1 amide bonds. The zero-order chi connectivity index (χ0) is 25.3. The zero-order valence-electron chi connectivity index (χ0n) is 21.3. The number of anilines is 1. The van der Waals surface area contributed by atoms with E-state index in [1.54, 1.807) is 6.07 Å². The molecule has 1 aliphatic heterocycles. The number of hydrogen-bond donors (Lipinski definition) is 1. The van der Waals surface area contributed by atoms with E-state index in [4.69, 9.17) is 4.74 Å². The lowest BCUT2D eigenvalue weighted by Crippen LogP contribution is -2.43. The van der Waals surface area contributed by atoms with Crippen molar-refractivity contribution in [3.05, 3.63) is 47.5 Å². The van der Waals surface area contributed by atoms with E-state index in [1.807, 2.05) is 19.1 Å². The van der Waals surface area contributed by atoms with Crippen molar-refractivity contribution < 1.29 is 17.9 Å². The van der Waals surface area contributed by atoms with E-state index in [2.05, 4.69) is 33.7 Å². The summed E-state index contributed by atoms with van der Waals surface area (Å²) in [6.07, 6.45) is 9.09. The van der Waals surface area contributed by atoms with E-state index in [0.717, 1.165) is 49.9 Å². The first kappa shape index (κ1) is 25.1. The van der Waals surface area contributed by atoms with E-state index >= 15 is 0 Å². The number of carbonyl (C=O) groups is 1. The number of rotatable bonds is 7. The summed E-state index contributed by atoms with van der Waals surface area (Å²) in [6.45, 7) is 5.89. The summed E-state index contributed by atoms with van der Waals surface area (Å²) in [4.78, 5) is 19.8. The van der Waals surface area contributed by atoms with Crippen LogP contribution in [0.5, 0.6) is 5.75 Å². The molecule has 2 heterocycles. The number of nitrogens with zero attached hydrogens (tertiary/aromatic N) is 2. The summed E-state index contributed by atoms with van der Waals surface area (Å²) in [5, 5.41) is -0.138. The van der Waals surface area contributed by atoms with Crippen LogP contribution in [0, 0.1) is 12.8 Å². The highest BCUT2D eigenvalue weighted by Crippen LogP contribution is 2.45. The van der Waals surface area contributed by atoms with Crippen LogP contribution in [0.2, 0.25) is 0 Å². The number of pyridine rings is 1. The van der Waals surface area contributed by atoms with E-state index in [-0.39, 0.29) is 5.03 Å². The van der Waals surface area contributed by atoms with Crippen LogP contribution in [0.25, 0.3) is 0 Å². The van der Waals surface area contributed by atoms with Crippen LogP contribution in [0.4, 0.5) is 5.82 Å². The number of ether oxygens (including phenoxy) is 1. The summed E-state index contributed by atoms with van der Waals surface area (Å²) in [7, 11) is -4.13. The molecule has 3 fully saturated rings. The molecule has 5 rings (SSSR count). The third-order valence-corrected chi connectivity index (χ3v) is 9.06. The smallest absolute Gasteiger partial charge is 0.281 e. The van der Waals surface area contributed by atoms with Crippen LogP contribution in [0.1, 0.15) is 81.8 Å². The molecule has 3 aliphatic rings. The lowest BCUT2D eigenvalue weighted by atomic mass is 9.83. The van der Waals surface area contributed by atoms with Crippen LogP contribution in [-0.4, -0.2) is 38.0 Å². The molecule has 1 aromatic carbocycles. The third-order valence-electron chi connectivity index (χ3n) is 7.83. The van der Waals surface area contributed by atoms with E-state index in [0.29, 0.717) is 36.2 Å². The maximum atomic E-state index is 13.3. The molecule has 194 valence electrons. The van der Waals surface area contributed by atoms with Gasteiger partial charge in [-0.25, -0.2) is 9.71 Å². The molecule has 1 atom stereocenters. The van der Waals surface area contributed by atoms with E-state index < -0.39 is 21.5 Å². The van der Waals surface area contributed by atoms with Gasteiger partial charge in [-0.15, -0.1) is 0 Å². The van der Waals surface area contributed by atoms with Crippen LogP contribution in [0.15, 0.2) is 41.4 Å². The predicted octanol–water partition coefficient (Wildman–Crippen LogP) is 5.09. The number of aromatic nitrogens is 1. The minimum Gasteiger partial charge on any atom is -0.477 e. The Morgan fingerprint density at radius 2 is 1.86 bits per heavy atom. The first-order valence-electron chi connectivity index (χ1n) is 13.3. The lowest BCUT2D eigenvalue weighted by Gasteiger charge is -2.32. The normalized spacial score (nSPS) is 22.2. The Hall–Kier alpha value is -2.61. The Labute approximate surface area is 214 Å². The van der Waals surface area contributed by atoms with Gasteiger partial charge in [0.25, 0.3) is 15.9 Å². The number of carbonyl (C=O) groups excluding carboxylic acids is 1. The molecule has 1 unspecified atom stereocenters. The van der Waals surface area contributed by atoms with E-state index in [1.165, 1.54) is 25.3 Å². The quantitative estimate of drug-likeness (QED) is 0.557. The Balaban J connectivity index is 1.32. The minimum absolute atomic E-state index is 0.138. The van der Waals surface area contributed by atoms with Crippen molar-refractivity contribution in [2.45, 2.75) is 88.2 Å². The van der Waals surface area contributed by atoms with Gasteiger partial charge in [0.2, 0.25) is 0 Å². The number of sulfonamides is 1. The van der Waals surface area contributed by atoms with Gasteiger partial charge in [0.1, 0.15) is 11.6 Å². The fourth-order valence-electron chi connectivity index (χ4n) is 5.57. The fraction of sp³-hybridized carbons (Fsp3) is 0.571. The van der Waals surface area contributed by atoms with Gasteiger partial charge in [-0.1, -0.05) is 44.4 Å². The van der Waals surface area contributed by atoms with Crippen LogP contribution >= 0.6 is 0 Å². The zero-order valence-corrected chi connectivity index (χ0v) is 22.1. The van der Waals surface area contributed by atoms with Crippen molar-refractivity contribution in [2.75, 3.05) is 18.0 Å². The van der Waals surface area contributed by atoms with Crippen molar-refractivity contribution in [2.24, 2.45) is 5.92 Å². The standard InChI is InChI=1S/C28H37N3O4S/c1-20-13-14-23(22-9-4-3-5-10-22)24(18-20)35-28(15-16-28)27(32)30-36(33,34)26-12-6-11-25(29-26)31-17-7-8-21(2)19-31/h6,11-14,18,21-22H,3-5,7-10,15-17,19H2,1-2H3,(H,30,32). The Bertz CT molecular complexity index is 1220. The van der Waals surface area contributed by atoms with Gasteiger partial charge in [0.05, 0.1) is 0 Å². The summed E-state index contributed by atoms with van der Waals surface area (Å²) >= 11 is 0. The van der Waals surface area contributed by atoms with Crippen molar-refractivity contribution >= 4 is 21.7 Å². The fourth-order valence-corrected chi connectivity index (χ4v) is 6.58. The van der Waals surface area contributed by atoms with Crippen LogP contribution < -0.4 is 14.4 Å². The van der Waals surface area contributed by atoms with Gasteiger partial charge >= 0.3 is 0 Å². The van der Waals surface area contributed by atoms with Gasteiger partial charge in [-0.2, -0.15) is 8.42 Å². The Kier molecular flexibility index (Phi) is 6.99. The second kappa shape index (κ2) is 10.0. The van der Waals surface area contributed by atoms with Crippen LogP contribution in [-0.2, 0) is 14.8 Å². The second-order valence-electron chi connectivity index (χ2n) is 10.9. The molecule has 2 aromatic rings. The number of piperidine rings is 1. The van der Waals surface area contributed by atoms with Crippen LogP contribution in [0.3, 0.4) is 0 Å². The summed E-state index contributed by atoms with van der Waals surface area (Å²) < 4.78 is 35.0. The number of amides is 1. The SMILES string of the molecule is Cc1ccc(C2CCCCC2)c(OC2(C(=O)NS(=O)(=O)c3cccc(N4CCCC(C)C4)n3)CC2)c1. The molecule has 0 bridgehead atoms.